The van der Waals surface area contributed by atoms with Gasteiger partial charge >= 0.3 is 6.09 Å². The monoisotopic (exact) mass is 706 g/mol. The largest absolute Gasteiger partial charge is 0.453 e. The first kappa shape index (κ1) is 36.7. The number of rotatable bonds is 6. The summed E-state index contributed by atoms with van der Waals surface area (Å²) >= 11 is 6.66. The summed E-state index contributed by atoms with van der Waals surface area (Å²) in [5.41, 5.74) is 7.54. The van der Waals surface area contributed by atoms with Gasteiger partial charge in [0.2, 0.25) is 15.9 Å². The van der Waals surface area contributed by atoms with Gasteiger partial charge in [0.15, 0.2) is 5.96 Å². The highest BCUT2D eigenvalue weighted by Crippen LogP contribution is 2.43. The van der Waals surface area contributed by atoms with Crippen LogP contribution in [0.1, 0.15) is 44.0 Å². The Morgan fingerprint density at radius 2 is 1.69 bits per heavy atom. The van der Waals surface area contributed by atoms with Crippen LogP contribution in [0.25, 0.3) is 11.3 Å². The van der Waals surface area contributed by atoms with Crippen molar-refractivity contribution in [1.29, 1.82) is 5.41 Å². The molecule has 1 aromatic heterocycles. The van der Waals surface area contributed by atoms with Gasteiger partial charge < -0.3 is 25.3 Å². The Bertz CT molecular complexity index is 1460. The molecule has 5 rings (SSSR count). The van der Waals surface area contributed by atoms with Crippen LogP contribution in [-0.4, -0.2) is 96.5 Å². The van der Waals surface area contributed by atoms with Crippen molar-refractivity contribution in [3.05, 3.63) is 35.2 Å². The number of H-pyrrole nitrogens is 1. The molecule has 0 saturated carbocycles. The predicted molar refractivity (Wildman–Crippen MR) is 177 cm³/mol. The predicted octanol–water partition coefficient (Wildman–Crippen LogP) is 3.92. The number of hydrogen-bond donors (Lipinski definition) is 4. The lowest BCUT2D eigenvalue weighted by molar-refractivity contribution is -0.138. The number of anilines is 1. The third-order valence-electron chi connectivity index (χ3n) is 9.02. The van der Waals surface area contributed by atoms with Crippen molar-refractivity contribution in [1.82, 2.24) is 24.1 Å². The number of aromatic nitrogens is 2. The number of halogens is 3. The van der Waals surface area contributed by atoms with Crippen LogP contribution in [0.4, 0.5) is 10.5 Å². The van der Waals surface area contributed by atoms with Gasteiger partial charge in [-0.2, -0.15) is 0 Å². The Balaban J connectivity index is 0.00000276. The normalized spacial score (nSPS) is 21.5. The summed E-state index contributed by atoms with van der Waals surface area (Å²) in [6.45, 7) is 2.67. The van der Waals surface area contributed by atoms with Gasteiger partial charge in [-0.05, 0) is 56.1 Å². The number of guanidine groups is 1. The Kier molecular flexibility index (Phi) is 12.4. The SMILES string of the molecule is COC(=O)Nc1ccc(-c2nc([C@@H]3C[C@H](C4CCN(S(C)(=O)=O)CC4)CN3C(=O)C3CCN(C(=N)N)CC3)[nH]c2Cl)cc1.Cl.Cl. The van der Waals surface area contributed by atoms with E-state index in [1.54, 1.807) is 29.2 Å². The highest BCUT2D eigenvalue weighted by Gasteiger charge is 2.44. The number of nitrogens with one attached hydrogen (secondary N) is 3. The van der Waals surface area contributed by atoms with Crippen molar-refractivity contribution in [2.24, 2.45) is 23.5 Å². The Hall–Kier alpha value is -2.78. The lowest BCUT2D eigenvalue weighted by atomic mass is 9.83. The van der Waals surface area contributed by atoms with Crippen LogP contribution < -0.4 is 11.1 Å². The summed E-state index contributed by atoms with van der Waals surface area (Å²) in [5, 5.41) is 10.7. The average molecular weight is 708 g/mol. The number of benzene rings is 1. The van der Waals surface area contributed by atoms with Crippen LogP contribution in [0.3, 0.4) is 0 Å². The van der Waals surface area contributed by atoms with Gasteiger partial charge in [-0.1, -0.05) is 23.7 Å². The van der Waals surface area contributed by atoms with Gasteiger partial charge in [0.1, 0.15) is 16.7 Å². The summed E-state index contributed by atoms with van der Waals surface area (Å²) in [7, 11) is -1.93. The molecule has 17 heteroatoms. The molecule has 13 nitrogen and oxygen atoms in total. The number of nitrogens with two attached hydrogens (primary N) is 1. The molecule has 4 heterocycles. The number of nitrogens with zero attached hydrogens (tertiary/aromatic N) is 4. The van der Waals surface area contributed by atoms with E-state index in [9.17, 15) is 18.0 Å². The van der Waals surface area contributed by atoms with E-state index in [0.29, 0.717) is 74.3 Å². The van der Waals surface area contributed by atoms with Crippen LogP contribution >= 0.6 is 36.4 Å². The summed E-state index contributed by atoms with van der Waals surface area (Å²) < 4.78 is 30.3. The van der Waals surface area contributed by atoms with E-state index in [2.05, 4.69) is 15.0 Å². The second-order valence-corrected chi connectivity index (χ2v) is 14.0. The van der Waals surface area contributed by atoms with E-state index in [1.807, 2.05) is 4.90 Å². The number of imidazole rings is 1. The molecular weight excluding hydrogens is 667 g/mol. The molecular formula is C28H41Cl3N8O5S. The molecule has 2 aromatic rings. The van der Waals surface area contributed by atoms with Crippen molar-refractivity contribution in [2.75, 3.05) is 51.4 Å². The Morgan fingerprint density at radius 3 is 2.24 bits per heavy atom. The third-order valence-corrected chi connectivity index (χ3v) is 10.6. The number of likely N-dealkylation sites (tertiary alicyclic amines) is 2. The van der Waals surface area contributed by atoms with Gasteiger partial charge in [0.25, 0.3) is 0 Å². The molecule has 0 aliphatic carbocycles. The summed E-state index contributed by atoms with van der Waals surface area (Å²) in [6.07, 6.45) is 4.12. The van der Waals surface area contributed by atoms with E-state index in [4.69, 9.17) is 27.7 Å². The van der Waals surface area contributed by atoms with Crippen molar-refractivity contribution in [3.8, 4) is 11.3 Å². The molecule has 3 saturated heterocycles. The topological polar surface area (TPSA) is 178 Å². The van der Waals surface area contributed by atoms with E-state index in [1.165, 1.54) is 17.7 Å². The molecule has 0 unspecified atom stereocenters. The first-order valence-corrected chi connectivity index (χ1v) is 16.7. The second kappa shape index (κ2) is 15.2. The maximum atomic E-state index is 14.0. The molecule has 1 aromatic carbocycles. The molecule has 3 fully saturated rings. The van der Waals surface area contributed by atoms with Crippen molar-refractivity contribution < 1.29 is 22.7 Å². The molecule has 0 bridgehead atoms. The van der Waals surface area contributed by atoms with Crippen LogP contribution in [0.15, 0.2) is 24.3 Å². The van der Waals surface area contributed by atoms with Crippen LogP contribution in [0.5, 0.6) is 0 Å². The van der Waals surface area contributed by atoms with E-state index < -0.39 is 16.1 Å². The number of amides is 2. The molecule has 0 spiro atoms. The fourth-order valence-electron chi connectivity index (χ4n) is 6.59. The molecule has 250 valence electrons. The molecule has 2 amide bonds. The average Bonchev–Trinajstić information content (AvgIpc) is 3.61. The van der Waals surface area contributed by atoms with E-state index in [0.717, 1.165) is 18.4 Å². The van der Waals surface area contributed by atoms with E-state index in [-0.39, 0.29) is 60.5 Å². The maximum absolute atomic E-state index is 14.0. The highest BCUT2D eigenvalue weighted by molar-refractivity contribution is 7.88. The number of carbonyl (C=O) groups is 2. The minimum absolute atomic E-state index is 0. The van der Waals surface area contributed by atoms with Gasteiger partial charge in [0, 0.05) is 49.9 Å². The fourth-order valence-corrected chi connectivity index (χ4v) is 7.71. The number of sulfonamides is 1. The van der Waals surface area contributed by atoms with Crippen LogP contribution in [-0.2, 0) is 19.6 Å². The molecule has 3 aliphatic heterocycles. The lowest BCUT2D eigenvalue weighted by Crippen LogP contribution is -2.46. The van der Waals surface area contributed by atoms with Gasteiger partial charge in [-0.3, -0.25) is 15.5 Å². The highest BCUT2D eigenvalue weighted by atomic mass is 35.5. The van der Waals surface area contributed by atoms with E-state index >= 15 is 0 Å². The quantitative estimate of drug-likeness (QED) is 0.258. The third kappa shape index (κ3) is 8.33. The number of carbonyl (C=O) groups excluding carboxylic acids is 2. The number of ether oxygens (including phenoxy) is 1. The zero-order valence-corrected chi connectivity index (χ0v) is 28.4. The second-order valence-electron chi connectivity index (χ2n) is 11.6. The van der Waals surface area contributed by atoms with Crippen molar-refractivity contribution in [2.45, 2.75) is 38.1 Å². The molecule has 5 N–H and O–H groups in total. The Morgan fingerprint density at radius 1 is 1.07 bits per heavy atom. The minimum atomic E-state index is -3.23. The number of aromatic amines is 1. The first-order valence-electron chi connectivity index (χ1n) is 14.5. The van der Waals surface area contributed by atoms with Gasteiger partial charge in [0.05, 0.1) is 19.4 Å². The first-order chi connectivity index (χ1) is 20.4. The molecule has 2 atom stereocenters. The Labute approximate surface area is 280 Å². The zero-order valence-electron chi connectivity index (χ0n) is 25.2. The molecule has 0 radical (unpaired) electrons. The maximum Gasteiger partial charge on any atom is 0.411 e. The fraction of sp³-hybridized carbons (Fsp3) is 0.571. The molecule has 45 heavy (non-hydrogen) atoms. The summed E-state index contributed by atoms with van der Waals surface area (Å²) in [6, 6.07) is 6.76. The van der Waals surface area contributed by atoms with Crippen LogP contribution in [0.2, 0.25) is 5.15 Å². The van der Waals surface area contributed by atoms with Gasteiger partial charge in [-0.15, -0.1) is 24.8 Å². The summed E-state index contributed by atoms with van der Waals surface area (Å²) in [4.78, 5) is 37.4. The number of methoxy groups -OCH3 is 1. The van der Waals surface area contributed by atoms with Crippen LogP contribution in [0, 0.1) is 23.2 Å². The summed E-state index contributed by atoms with van der Waals surface area (Å²) in [5.74, 6) is 1.02. The van der Waals surface area contributed by atoms with Crippen molar-refractivity contribution >= 4 is 70.1 Å². The lowest BCUT2D eigenvalue weighted by Gasteiger charge is -2.35. The van der Waals surface area contributed by atoms with Gasteiger partial charge in [-0.25, -0.2) is 22.5 Å². The minimum Gasteiger partial charge on any atom is -0.453 e. The molecule has 3 aliphatic rings. The number of piperidine rings is 2. The number of hydrogen-bond acceptors (Lipinski definition) is 7. The van der Waals surface area contributed by atoms with Crippen molar-refractivity contribution in [3.63, 3.8) is 0 Å². The zero-order chi connectivity index (χ0) is 30.9. The standard InChI is InChI=1S/C28H39ClN8O5S.2ClH/c1-42-28(39)32-21-5-3-18(4-6-21)23-24(29)34-25(33-23)22-15-20(17-9-13-36(14-10-17)43(2,40)41)16-37(22)26(38)19-7-11-35(12-8-19)27(30)31;;/h3-6,17,19-20,22H,7-16H2,1-2H3,(H3,30,31)(H,32,39)(H,33,34);2*1H/t20-,22-;;/m0../s1. The smallest absolute Gasteiger partial charge is 0.411 e.